The summed E-state index contributed by atoms with van der Waals surface area (Å²) in [5.41, 5.74) is 8.15. The summed E-state index contributed by atoms with van der Waals surface area (Å²) >= 11 is 0. The van der Waals surface area contributed by atoms with Crippen molar-refractivity contribution < 1.29 is 19.1 Å². The summed E-state index contributed by atoms with van der Waals surface area (Å²) < 4.78 is 5.30. The van der Waals surface area contributed by atoms with Gasteiger partial charge in [0, 0.05) is 11.3 Å². The fourth-order valence-electron chi connectivity index (χ4n) is 2.29. The lowest BCUT2D eigenvalue weighted by atomic mass is 10.1. The minimum atomic E-state index is -0.538. The van der Waals surface area contributed by atoms with E-state index in [1.807, 2.05) is 32.0 Å². The van der Waals surface area contributed by atoms with Gasteiger partial charge in [-0.3, -0.25) is 14.4 Å². The van der Waals surface area contributed by atoms with E-state index in [-0.39, 0.29) is 19.1 Å². The second-order valence-electron chi connectivity index (χ2n) is 5.77. The van der Waals surface area contributed by atoms with Crippen molar-refractivity contribution in [3.05, 3.63) is 59.2 Å². The first-order valence-electron chi connectivity index (χ1n) is 8.02. The topological polar surface area (TPSA) is 111 Å². The summed E-state index contributed by atoms with van der Waals surface area (Å²) in [6, 6.07) is 11.8. The largest absolute Gasteiger partial charge is 0.484 e. The summed E-state index contributed by atoms with van der Waals surface area (Å²) in [5.74, 6) is -0.864. The van der Waals surface area contributed by atoms with Crippen LogP contribution in [0.2, 0.25) is 0 Å². The average Bonchev–Trinajstić information content (AvgIpc) is 2.61. The van der Waals surface area contributed by atoms with Crippen LogP contribution in [0.15, 0.2) is 42.5 Å². The standard InChI is InChI=1S/C19H21N3O4/c1-12-4-3-5-13(2)18(12)22-16(23)10-21-17(24)11-26-15-8-6-14(7-9-15)19(20)25/h3-9H,10-11H2,1-2H3,(H2,20,25)(H,21,24)(H,22,23). The molecule has 0 atom stereocenters. The van der Waals surface area contributed by atoms with Crippen molar-refractivity contribution in [3.8, 4) is 5.75 Å². The summed E-state index contributed by atoms with van der Waals surface area (Å²) in [5, 5.41) is 5.28. The van der Waals surface area contributed by atoms with E-state index in [1.165, 1.54) is 12.1 Å². The zero-order valence-corrected chi connectivity index (χ0v) is 14.7. The number of nitrogens with two attached hydrogens (primary N) is 1. The van der Waals surface area contributed by atoms with E-state index in [2.05, 4.69) is 10.6 Å². The Morgan fingerprint density at radius 2 is 1.58 bits per heavy atom. The third-order valence-electron chi connectivity index (χ3n) is 3.70. The molecule has 2 rings (SSSR count). The van der Waals surface area contributed by atoms with Crippen LogP contribution in [0, 0.1) is 13.8 Å². The number of amides is 3. The van der Waals surface area contributed by atoms with Crippen molar-refractivity contribution in [2.24, 2.45) is 5.73 Å². The van der Waals surface area contributed by atoms with Gasteiger partial charge in [0.1, 0.15) is 5.75 Å². The lowest BCUT2D eigenvalue weighted by Crippen LogP contribution is -2.36. The number of para-hydroxylation sites is 1. The molecule has 7 nitrogen and oxygen atoms in total. The quantitative estimate of drug-likeness (QED) is 0.699. The predicted molar refractivity (Wildman–Crippen MR) is 98.0 cm³/mol. The second kappa shape index (κ2) is 8.66. The van der Waals surface area contributed by atoms with Crippen LogP contribution >= 0.6 is 0 Å². The van der Waals surface area contributed by atoms with Gasteiger partial charge in [-0.2, -0.15) is 0 Å². The van der Waals surface area contributed by atoms with Gasteiger partial charge in [-0.15, -0.1) is 0 Å². The Morgan fingerprint density at radius 1 is 0.962 bits per heavy atom. The summed E-state index contributed by atoms with van der Waals surface area (Å²) in [4.78, 5) is 34.8. The number of primary amides is 1. The summed E-state index contributed by atoms with van der Waals surface area (Å²) in [6.45, 7) is 3.40. The van der Waals surface area contributed by atoms with Gasteiger partial charge in [0.2, 0.25) is 11.8 Å². The van der Waals surface area contributed by atoms with Crippen LogP contribution in [-0.4, -0.2) is 30.9 Å². The number of hydrogen-bond acceptors (Lipinski definition) is 4. The minimum absolute atomic E-state index is 0.156. The molecule has 0 fully saturated rings. The highest BCUT2D eigenvalue weighted by Crippen LogP contribution is 2.19. The molecule has 0 aliphatic rings. The van der Waals surface area contributed by atoms with Crippen LogP contribution in [0.5, 0.6) is 5.75 Å². The Morgan fingerprint density at radius 3 is 2.15 bits per heavy atom. The van der Waals surface area contributed by atoms with Crippen molar-refractivity contribution in [2.75, 3.05) is 18.5 Å². The molecule has 0 radical (unpaired) electrons. The first kappa shape index (κ1) is 19.0. The molecule has 3 amide bonds. The van der Waals surface area contributed by atoms with Crippen molar-refractivity contribution in [2.45, 2.75) is 13.8 Å². The molecule has 0 aliphatic carbocycles. The lowest BCUT2D eigenvalue weighted by molar-refractivity contribution is -0.125. The zero-order chi connectivity index (χ0) is 19.1. The van der Waals surface area contributed by atoms with Gasteiger partial charge in [-0.25, -0.2) is 0 Å². The molecule has 0 bridgehead atoms. The highest BCUT2D eigenvalue weighted by molar-refractivity contribution is 5.96. The number of carbonyl (C=O) groups excluding carboxylic acids is 3. The van der Waals surface area contributed by atoms with Gasteiger partial charge in [0.25, 0.3) is 5.91 Å². The molecule has 2 aromatic rings. The fourth-order valence-corrected chi connectivity index (χ4v) is 2.29. The molecule has 7 heteroatoms. The molecule has 0 saturated carbocycles. The number of hydrogen-bond donors (Lipinski definition) is 3. The Hall–Kier alpha value is -3.35. The maximum Gasteiger partial charge on any atom is 0.258 e. The normalized spacial score (nSPS) is 10.1. The Kier molecular flexibility index (Phi) is 6.32. The van der Waals surface area contributed by atoms with Crippen molar-refractivity contribution in [3.63, 3.8) is 0 Å². The SMILES string of the molecule is Cc1cccc(C)c1NC(=O)CNC(=O)COc1ccc(C(N)=O)cc1. The van der Waals surface area contributed by atoms with E-state index in [1.54, 1.807) is 12.1 Å². The van der Waals surface area contributed by atoms with Crippen LogP contribution in [0.3, 0.4) is 0 Å². The number of rotatable bonds is 7. The molecule has 136 valence electrons. The maximum atomic E-state index is 12.0. The molecule has 0 spiro atoms. The maximum absolute atomic E-state index is 12.0. The molecular weight excluding hydrogens is 334 g/mol. The number of ether oxygens (including phenoxy) is 1. The van der Waals surface area contributed by atoms with E-state index >= 15 is 0 Å². The summed E-state index contributed by atoms with van der Waals surface area (Å²) in [6.07, 6.45) is 0. The molecule has 26 heavy (non-hydrogen) atoms. The Bertz CT molecular complexity index is 796. The van der Waals surface area contributed by atoms with E-state index in [9.17, 15) is 14.4 Å². The van der Waals surface area contributed by atoms with Crippen LogP contribution in [0.1, 0.15) is 21.5 Å². The van der Waals surface area contributed by atoms with E-state index in [4.69, 9.17) is 10.5 Å². The van der Waals surface area contributed by atoms with Gasteiger partial charge >= 0.3 is 0 Å². The Balaban J connectivity index is 1.77. The smallest absolute Gasteiger partial charge is 0.258 e. The molecule has 4 N–H and O–H groups in total. The predicted octanol–water partition coefficient (Wildman–Crippen LogP) is 1.54. The molecule has 0 heterocycles. The van der Waals surface area contributed by atoms with Crippen LogP contribution in [0.4, 0.5) is 5.69 Å². The lowest BCUT2D eigenvalue weighted by Gasteiger charge is -2.12. The molecule has 0 unspecified atom stereocenters. The van der Waals surface area contributed by atoms with Gasteiger partial charge in [0.05, 0.1) is 6.54 Å². The number of nitrogens with one attached hydrogen (secondary N) is 2. The van der Waals surface area contributed by atoms with E-state index < -0.39 is 11.8 Å². The third-order valence-corrected chi connectivity index (χ3v) is 3.70. The fraction of sp³-hybridized carbons (Fsp3) is 0.211. The van der Waals surface area contributed by atoms with Gasteiger partial charge in [0.15, 0.2) is 6.61 Å². The monoisotopic (exact) mass is 355 g/mol. The highest BCUT2D eigenvalue weighted by Gasteiger charge is 2.09. The molecule has 0 saturated heterocycles. The molecule has 2 aromatic carbocycles. The Labute approximate surface area is 151 Å². The third kappa shape index (κ3) is 5.34. The van der Waals surface area contributed by atoms with Gasteiger partial charge in [-0.1, -0.05) is 18.2 Å². The first-order valence-corrected chi connectivity index (χ1v) is 8.02. The highest BCUT2D eigenvalue weighted by atomic mass is 16.5. The molecular formula is C19H21N3O4. The first-order chi connectivity index (χ1) is 12.4. The second-order valence-corrected chi connectivity index (χ2v) is 5.77. The van der Waals surface area contributed by atoms with Crippen LogP contribution < -0.4 is 21.1 Å². The number of carbonyl (C=O) groups is 3. The van der Waals surface area contributed by atoms with Gasteiger partial charge < -0.3 is 21.1 Å². The minimum Gasteiger partial charge on any atom is -0.484 e. The van der Waals surface area contributed by atoms with Crippen molar-refractivity contribution in [1.29, 1.82) is 0 Å². The number of anilines is 1. The zero-order valence-electron chi connectivity index (χ0n) is 14.7. The van der Waals surface area contributed by atoms with Crippen LogP contribution in [-0.2, 0) is 9.59 Å². The van der Waals surface area contributed by atoms with Gasteiger partial charge in [-0.05, 0) is 49.2 Å². The van der Waals surface area contributed by atoms with E-state index in [0.717, 1.165) is 16.8 Å². The number of aryl methyl sites for hydroxylation is 2. The van der Waals surface area contributed by atoms with Crippen molar-refractivity contribution in [1.82, 2.24) is 5.32 Å². The molecule has 0 aliphatic heterocycles. The molecule has 0 aromatic heterocycles. The average molecular weight is 355 g/mol. The van der Waals surface area contributed by atoms with Crippen molar-refractivity contribution >= 4 is 23.4 Å². The number of benzene rings is 2. The van der Waals surface area contributed by atoms with Crippen LogP contribution in [0.25, 0.3) is 0 Å². The summed E-state index contributed by atoms with van der Waals surface area (Å²) in [7, 11) is 0. The van der Waals surface area contributed by atoms with E-state index in [0.29, 0.717) is 11.3 Å².